The Morgan fingerprint density at radius 3 is 2.43 bits per heavy atom. The normalized spacial score (nSPS) is 14.1. The fraction of sp³-hybridized carbons (Fsp3) is 0.533. The van der Waals surface area contributed by atoms with Crippen molar-refractivity contribution >= 4 is 21.1 Å². The molecule has 0 spiro atoms. The number of sulfonamides is 1. The van der Waals surface area contributed by atoms with Gasteiger partial charge in [0, 0.05) is 12.1 Å². The van der Waals surface area contributed by atoms with E-state index in [1.807, 2.05) is 13.8 Å². The Hall–Kier alpha value is -1.48. The predicted octanol–water partition coefficient (Wildman–Crippen LogP) is 1.33. The summed E-state index contributed by atoms with van der Waals surface area (Å²) in [6.45, 7) is 6.91. The number of nitrogens with zero attached hydrogens (tertiary/aromatic N) is 2. The van der Waals surface area contributed by atoms with Crippen LogP contribution in [0.2, 0.25) is 0 Å². The Kier molecular flexibility index (Phi) is 5.10. The molecule has 2 rings (SSSR count). The predicted molar refractivity (Wildman–Crippen MR) is 87.6 cm³/mol. The molecular weight excluding hydrogens is 318 g/mol. The van der Waals surface area contributed by atoms with Gasteiger partial charge < -0.3 is 14.8 Å². The zero-order valence-corrected chi connectivity index (χ0v) is 14.5. The van der Waals surface area contributed by atoms with Crippen LogP contribution < -0.4 is 4.72 Å². The fourth-order valence-electron chi connectivity index (χ4n) is 2.50. The molecule has 0 aliphatic rings. The van der Waals surface area contributed by atoms with Gasteiger partial charge in [0.1, 0.15) is 11.9 Å². The van der Waals surface area contributed by atoms with Crippen molar-refractivity contribution in [3.63, 3.8) is 0 Å². The number of hydrogen-bond donors (Lipinski definition) is 3. The van der Waals surface area contributed by atoms with Gasteiger partial charge in [0.05, 0.1) is 22.5 Å². The second kappa shape index (κ2) is 6.56. The minimum Gasteiger partial charge on any atom is -0.393 e. The zero-order valence-electron chi connectivity index (χ0n) is 13.7. The maximum absolute atomic E-state index is 12.3. The lowest BCUT2D eigenvalue weighted by Gasteiger charge is -2.15. The third kappa shape index (κ3) is 3.55. The van der Waals surface area contributed by atoms with E-state index in [0.29, 0.717) is 16.9 Å². The Morgan fingerprint density at radius 2 is 1.91 bits per heavy atom. The summed E-state index contributed by atoms with van der Waals surface area (Å²) in [5, 5.41) is 19.1. The third-order valence-corrected chi connectivity index (χ3v) is 5.03. The van der Waals surface area contributed by atoms with Crippen LogP contribution in [0.3, 0.4) is 0 Å². The lowest BCUT2D eigenvalue weighted by Crippen LogP contribution is -2.30. The Balaban J connectivity index is 2.61. The maximum atomic E-state index is 12.3. The summed E-state index contributed by atoms with van der Waals surface area (Å²) < 4.78 is 28.9. The molecule has 128 valence electrons. The number of aromatic nitrogens is 2. The molecule has 1 heterocycles. The van der Waals surface area contributed by atoms with Crippen LogP contribution in [0.1, 0.15) is 45.7 Å². The number of hydrogen-bond acceptors (Lipinski definition) is 5. The molecule has 0 aliphatic carbocycles. The molecule has 0 bridgehead atoms. The molecule has 0 saturated carbocycles. The number of aliphatic hydroxyl groups excluding tert-OH is 2. The van der Waals surface area contributed by atoms with Gasteiger partial charge in [-0.05, 0) is 45.9 Å². The van der Waals surface area contributed by atoms with Gasteiger partial charge in [0.25, 0.3) is 0 Å². The number of benzene rings is 1. The van der Waals surface area contributed by atoms with Crippen molar-refractivity contribution < 1.29 is 18.6 Å². The van der Waals surface area contributed by atoms with Crippen molar-refractivity contribution in [1.29, 1.82) is 0 Å². The Labute approximate surface area is 136 Å². The number of fused-ring (bicyclic) bond motifs is 1. The highest BCUT2D eigenvalue weighted by Gasteiger charge is 2.22. The Bertz CT molecular complexity index is 796. The lowest BCUT2D eigenvalue weighted by atomic mass is 10.2. The summed E-state index contributed by atoms with van der Waals surface area (Å²) in [5.74, 6) is 0.323. The fourth-order valence-corrected chi connectivity index (χ4v) is 3.77. The molecule has 2 aromatic rings. The van der Waals surface area contributed by atoms with Gasteiger partial charge in [-0.25, -0.2) is 18.1 Å². The van der Waals surface area contributed by atoms with Crippen molar-refractivity contribution in [3.8, 4) is 0 Å². The monoisotopic (exact) mass is 341 g/mol. The van der Waals surface area contributed by atoms with E-state index in [1.54, 1.807) is 24.5 Å². The summed E-state index contributed by atoms with van der Waals surface area (Å²) >= 11 is 0. The molecule has 0 unspecified atom stereocenters. The molecule has 0 fully saturated rings. The lowest BCUT2D eigenvalue weighted by molar-refractivity contribution is 0.0852. The zero-order chi connectivity index (χ0) is 17.4. The van der Waals surface area contributed by atoms with E-state index in [0.717, 1.165) is 0 Å². The van der Waals surface area contributed by atoms with Gasteiger partial charge in [-0.1, -0.05) is 0 Å². The summed E-state index contributed by atoms with van der Waals surface area (Å²) in [6, 6.07) is 4.46. The van der Waals surface area contributed by atoms with E-state index in [4.69, 9.17) is 0 Å². The molecule has 7 nitrogen and oxygen atoms in total. The van der Waals surface area contributed by atoms with E-state index in [9.17, 15) is 18.6 Å². The minimum absolute atomic E-state index is 0.00689. The molecule has 1 aromatic heterocycles. The molecule has 1 atom stereocenters. The van der Waals surface area contributed by atoms with E-state index in [2.05, 4.69) is 9.71 Å². The van der Waals surface area contributed by atoms with Crippen LogP contribution in [0.5, 0.6) is 0 Å². The number of aliphatic hydroxyl groups is 2. The standard InChI is InChI=1S/C15H23N3O4S/c1-9(2)17-23(21,22)11-5-6-13-12(7-11)16-15(14(20)8-19)18(13)10(3)4/h5-7,9-10,14,17,19-20H,8H2,1-4H3/t14-/m1/s1. The van der Waals surface area contributed by atoms with Crippen LogP contribution in [-0.2, 0) is 10.0 Å². The van der Waals surface area contributed by atoms with E-state index in [-0.39, 0.29) is 17.0 Å². The molecule has 0 saturated heterocycles. The number of rotatable bonds is 6. The van der Waals surface area contributed by atoms with Crippen LogP contribution in [0, 0.1) is 0 Å². The molecule has 8 heteroatoms. The van der Waals surface area contributed by atoms with Gasteiger partial charge in [0.15, 0.2) is 0 Å². The highest BCUT2D eigenvalue weighted by Crippen LogP contribution is 2.27. The summed E-state index contributed by atoms with van der Waals surface area (Å²) in [7, 11) is -3.61. The first-order valence-electron chi connectivity index (χ1n) is 7.50. The average Bonchev–Trinajstić information content (AvgIpc) is 2.83. The smallest absolute Gasteiger partial charge is 0.240 e. The molecule has 23 heavy (non-hydrogen) atoms. The van der Waals surface area contributed by atoms with Crippen LogP contribution in [0.15, 0.2) is 23.1 Å². The van der Waals surface area contributed by atoms with Crippen molar-refractivity contribution in [1.82, 2.24) is 14.3 Å². The maximum Gasteiger partial charge on any atom is 0.240 e. The van der Waals surface area contributed by atoms with E-state index in [1.165, 1.54) is 12.1 Å². The Morgan fingerprint density at radius 1 is 1.26 bits per heavy atom. The van der Waals surface area contributed by atoms with Crippen molar-refractivity contribution in [3.05, 3.63) is 24.0 Å². The quantitative estimate of drug-likeness (QED) is 0.735. The average molecular weight is 341 g/mol. The van der Waals surface area contributed by atoms with Gasteiger partial charge in [-0.15, -0.1) is 0 Å². The van der Waals surface area contributed by atoms with Crippen LogP contribution >= 0.6 is 0 Å². The van der Waals surface area contributed by atoms with Crippen molar-refractivity contribution in [2.75, 3.05) is 6.61 Å². The second-order valence-electron chi connectivity index (χ2n) is 6.06. The first-order chi connectivity index (χ1) is 10.7. The number of imidazole rings is 1. The first-order valence-corrected chi connectivity index (χ1v) is 8.98. The van der Waals surface area contributed by atoms with Crippen molar-refractivity contribution in [2.45, 2.75) is 50.8 Å². The summed E-state index contributed by atoms with van der Waals surface area (Å²) in [4.78, 5) is 4.44. The first kappa shape index (κ1) is 17.9. The number of nitrogens with one attached hydrogen (secondary N) is 1. The van der Waals surface area contributed by atoms with Crippen LogP contribution in [0.4, 0.5) is 0 Å². The van der Waals surface area contributed by atoms with E-state index >= 15 is 0 Å². The third-order valence-electron chi connectivity index (χ3n) is 3.38. The molecule has 0 radical (unpaired) electrons. The molecular formula is C15H23N3O4S. The highest BCUT2D eigenvalue weighted by molar-refractivity contribution is 7.89. The van der Waals surface area contributed by atoms with Crippen LogP contribution in [-0.4, -0.2) is 40.8 Å². The van der Waals surface area contributed by atoms with E-state index < -0.39 is 22.7 Å². The molecule has 3 N–H and O–H groups in total. The van der Waals surface area contributed by atoms with Gasteiger partial charge >= 0.3 is 0 Å². The molecule has 0 amide bonds. The molecule has 1 aromatic carbocycles. The SMILES string of the molecule is CC(C)NS(=O)(=O)c1ccc2c(c1)nc([C@H](O)CO)n2C(C)C. The topological polar surface area (TPSA) is 104 Å². The largest absolute Gasteiger partial charge is 0.393 e. The second-order valence-corrected chi connectivity index (χ2v) is 7.77. The van der Waals surface area contributed by atoms with Crippen molar-refractivity contribution in [2.24, 2.45) is 0 Å². The summed E-state index contributed by atoms with van der Waals surface area (Å²) in [5.41, 5.74) is 1.18. The van der Waals surface area contributed by atoms with Gasteiger partial charge in [0.2, 0.25) is 10.0 Å². The highest BCUT2D eigenvalue weighted by atomic mass is 32.2. The van der Waals surface area contributed by atoms with Crippen LogP contribution in [0.25, 0.3) is 11.0 Å². The summed E-state index contributed by atoms with van der Waals surface area (Å²) in [6.07, 6.45) is -1.11. The van der Waals surface area contributed by atoms with Gasteiger partial charge in [-0.3, -0.25) is 0 Å². The minimum atomic E-state index is -3.61. The van der Waals surface area contributed by atoms with Gasteiger partial charge in [-0.2, -0.15) is 0 Å². The molecule has 0 aliphatic heterocycles.